The number of fused-ring (bicyclic) bond motifs is 2. The van der Waals surface area contributed by atoms with Crippen LogP contribution < -0.4 is 25.2 Å². The second-order valence-corrected chi connectivity index (χ2v) is 6.36. The number of nitrogens with one attached hydrogen (secondary N) is 1. The van der Waals surface area contributed by atoms with Crippen molar-refractivity contribution in [2.75, 3.05) is 26.3 Å². The van der Waals surface area contributed by atoms with Gasteiger partial charge in [0, 0.05) is 24.1 Å². The summed E-state index contributed by atoms with van der Waals surface area (Å²) in [5.41, 5.74) is 0.174. The van der Waals surface area contributed by atoms with Gasteiger partial charge < -0.3 is 23.9 Å². The number of para-hydroxylation sites is 2. The zero-order valence-electron chi connectivity index (χ0n) is 14.9. The summed E-state index contributed by atoms with van der Waals surface area (Å²) in [6.07, 6.45) is 0.852. The van der Waals surface area contributed by atoms with Crippen LogP contribution in [0.1, 0.15) is 6.42 Å². The lowest BCUT2D eigenvalue weighted by atomic mass is 10.2. The molecule has 140 valence electrons. The van der Waals surface area contributed by atoms with Crippen molar-refractivity contribution in [2.24, 2.45) is 0 Å². The van der Waals surface area contributed by atoms with Gasteiger partial charge in [-0.05, 0) is 43.3 Å². The molecule has 4 rings (SSSR count). The van der Waals surface area contributed by atoms with Crippen molar-refractivity contribution in [3.05, 3.63) is 65.0 Å². The lowest BCUT2D eigenvalue weighted by Crippen LogP contribution is -2.39. The van der Waals surface area contributed by atoms with Gasteiger partial charge in [0.05, 0.1) is 6.61 Å². The maximum Gasteiger partial charge on any atom is 0.336 e. The van der Waals surface area contributed by atoms with Crippen LogP contribution in [0.2, 0.25) is 0 Å². The van der Waals surface area contributed by atoms with Crippen molar-refractivity contribution in [3.63, 3.8) is 0 Å². The Kier molecular flexibility index (Phi) is 5.25. The third-order valence-electron chi connectivity index (χ3n) is 4.30. The molecule has 1 unspecified atom stereocenters. The minimum Gasteiger partial charge on any atom is -0.493 e. The largest absolute Gasteiger partial charge is 0.493 e. The van der Waals surface area contributed by atoms with E-state index in [0.29, 0.717) is 24.5 Å². The van der Waals surface area contributed by atoms with Crippen LogP contribution in [0.25, 0.3) is 11.0 Å². The summed E-state index contributed by atoms with van der Waals surface area (Å²) in [6.45, 7) is 2.64. The Balaban J connectivity index is 1.17. The van der Waals surface area contributed by atoms with Gasteiger partial charge in [0.25, 0.3) is 0 Å². The summed E-state index contributed by atoms with van der Waals surface area (Å²) in [4.78, 5) is 11.3. The average molecular weight is 367 g/mol. The van der Waals surface area contributed by atoms with Crippen molar-refractivity contribution in [1.82, 2.24) is 5.32 Å². The van der Waals surface area contributed by atoms with E-state index in [1.807, 2.05) is 36.4 Å². The van der Waals surface area contributed by atoms with Gasteiger partial charge in [0.2, 0.25) is 0 Å². The highest BCUT2D eigenvalue weighted by molar-refractivity contribution is 5.77. The first-order chi connectivity index (χ1) is 13.3. The van der Waals surface area contributed by atoms with Crippen LogP contribution in [0.15, 0.2) is 63.8 Å². The Hall–Kier alpha value is -2.99. The van der Waals surface area contributed by atoms with Crippen LogP contribution in [0.4, 0.5) is 0 Å². The maximum atomic E-state index is 11.3. The molecule has 0 aliphatic carbocycles. The van der Waals surface area contributed by atoms with E-state index < -0.39 is 0 Å². The molecule has 6 nitrogen and oxygen atoms in total. The van der Waals surface area contributed by atoms with Gasteiger partial charge >= 0.3 is 5.63 Å². The fourth-order valence-electron chi connectivity index (χ4n) is 2.94. The van der Waals surface area contributed by atoms with E-state index in [1.54, 1.807) is 12.1 Å². The van der Waals surface area contributed by atoms with Crippen LogP contribution in [-0.2, 0) is 0 Å². The molecule has 1 aliphatic heterocycles. The zero-order valence-corrected chi connectivity index (χ0v) is 14.9. The van der Waals surface area contributed by atoms with Gasteiger partial charge in [-0.15, -0.1) is 0 Å². The summed E-state index contributed by atoms with van der Waals surface area (Å²) >= 11 is 0. The van der Waals surface area contributed by atoms with E-state index >= 15 is 0 Å². The van der Waals surface area contributed by atoms with E-state index in [1.165, 1.54) is 6.07 Å². The Morgan fingerprint density at radius 1 is 1.07 bits per heavy atom. The third kappa shape index (κ3) is 4.41. The van der Waals surface area contributed by atoms with Crippen molar-refractivity contribution >= 4 is 11.0 Å². The van der Waals surface area contributed by atoms with E-state index in [0.717, 1.165) is 36.4 Å². The number of hydrogen-bond donors (Lipinski definition) is 1. The SMILES string of the molecule is O=c1ccc2ccc(OCCCNCC3COc4ccccc4O3)cc2o1. The van der Waals surface area contributed by atoms with Crippen LogP contribution in [0, 0.1) is 0 Å². The normalized spacial score (nSPS) is 15.6. The van der Waals surface area contributed by atoms with Crippen LogP contribution >= 0.6 is 0 Å². The monoisotopic (exact) mass is 367 g/mol. The molecule has 1 aromatic heterocycles. The molecule has 2 heterocycles. The fourth-order valence-corrected chi connectivity index (χ4v) is 2.94. The standard InChI is InChI=1S/C21H21NO5/c23-21-9-7-15-6-8-16(12-20(15)27-21)24-11-3-10-22-13-17-14-25-18-4-1-2-5-19(18)26-17/h1-2,4-9,12,17,22H,3,10-11,13-14H2. The molecule has 3 aromatic rings. The highest BCUT2D eigenvalue weighted by Crippen LogP contribution is 2.30. The van der Waals surface area contributed by atoms with Crippen LogP contribution in [-0.4, -0.2) is 32.4 Å². The van der Waals surface area contributed by atoms with E-state index in [4.69, 9.17) is 18.6 Å². The fraction of sp³-hybridized carbons (Fsp3) is 0.286. The predicted molar refractivity (Wildman–Crippen MR) is 102 cm³/mol. The molecule has 1 N–H and O–H groups in total. The van der Waals surface area contributed by atoms with Gasteiger partial charge in [0.1, 0.15) is 24.0 Å². The first-order valence-corrected chi connectivity index (χ1v) is 9.04. The number of rotatable bonds is 7. The van der Waals surface area contributed by atoms with E-state index in [2.05, 4.69) is 5.32 Å². The summed E-state index contributed by atoms with van der Waals surface area (Å²) in [5, 5.41) is 4.24. The zero-order chi connectivity index (χ0) is 18.5. The highest BCUT2D eigenvalue weighted by Gasteiger charge is 2.19. The second-order valence-electron chi connectivity index (χ2n) is 6.36. The first kappa shape index (κ1) is 17.4. The Bertz CT molecular complexity index is 968. The smallest absolute Gasteiger partial charge is 0.336 e. The first-order valence-electron chi connectivity index (χ1n) is 9.04. The number of ether oxygens (including phenoxy) is 3. The summed E-state index contributed by atoms with van der Waals surface area (Å²) in [7, 11) is 0. The maximum absolute atomic E-state index is 11.3. The third-order valence-corrected chi connectivity index (χ3v) is 4.30. The quantitative estimate of drug-likeness (QED) is 0.511. The molecule has 6 heteroatoms. The van der Waals surface area contributed by atoms with Gasteiger partial charge in [-0.1, -0.05) is 12.1 Å². The lowest BCUT2D eigenvalue weighted by molar-refractivity contribution is 0.0902. The Morgan fingerprint density at radius 3 is 2.85 bits per heavy atom. The van der Waals surface area contributed by atoms with Gasteiger partial charge in [-0.3, -0.25) is 0 Å². The molecule has 1 atom stereocenters. The molecule has 2 aromatic carbocycles. The van der Waals surface area contributed by atoms with Crippen molar-refractivity contribution < 1.29 is 18.6 Å². The minimum atomic E-state index is -0.361. The molecule has 27 heavy (non-hydrogen) atoms. The van der Waals surface area contributed by atoms with Crippen molar-refractivity contribution in [1.29, 1.82) is 0 Å². The van der Waals surface area contributed by atoms with Gasteiger partial charge in [-0.2, -0.15) is 0 Å². The molecule has 0 radical (unpaired) electrons. The Labute approximate surface area is 156 Å². The summed E-state index contributed by atoms with van der Waals surface area (Å²) in [6, 6.07) is 16.4. The van der Waals surface area contributed by atoms with Crippen LogP contribution in [0.5, 0.6) is 17.2 Å². The van der Waals surface area contributed by atoms with E-state index in [9.17, 15) is 4.79 Å². The predicted octanol–water partition coefficient (Wildman–Crippen LogP) is 2.99. The number of hydrogen-bond acceptors (Lipinski definition) is 6. The topological polar surface area (TPSA) is 69.9 Å². The second kappa shape index (κ2) is 8.14. The molecular formula is C21H21NO5. The average Bonchev–Trinajstić information content (AvgIpc) is 2.70. The lowest BCUT2D eigenvalue weighted by Gasteiger charge is -2.26. The van der Waals surface area contributed by atoms with Gasteiger partial charge in [-0.25, -0.2) is 4.79 Å². The molecule has 0 spiro atoms. The molecule has 0 bridgehead atoms. The molecule has 0 saturated carbocycles. The summed E-state index contributed by atoms with van der Waals surface area (Å²) < 4.78 is 22.5. The van der Waals surface area contributed by atoms with Crippen LogP contribution in [0.3, 0.4) is 0 Å². The molecular weight excluding hydrogens is 346 g/mol. The molecule has 0 saturated heterocycles. The van der Waals surface area contributed by atoms with Gasteiger partial charge in [0.15, 0.2) is 11.5 Å². The minimum absolute atomic E-state index is 0.00389. The molecule has 0 fully saturated rings. The Morgan fingerprint density at radius 2 is 1.93 bits per heavy atom. The summed E-state index contributed by atoms with van der Waals surface area (Å²) in [5.74, 6) is 2.28. The van der Waals surface area contributed by atoms with E-state index in [-0.39, 0.29) is 11.7 Å². The van der Waals surface area contributed by atoms with Crippen molar-refractivity contribution in [2.45, 2.75) is 12.5 Å². The molecule has 0 amide bonds. The molecule has 1 aliphatic rings. The number of benzene rings is 2. The highest BCUT2D eigenvalue weighted by atomic mass is 16.6. The van der Waals surface area contributed by atoms with Crippen molar-refractivity contribution in [3.8, 4) is 17.2 Å².